The van der Waals surface area contributed by atoms with Gasteiger partial charge in [0.2, 0.25) is 0 Å². The molecule has 0 amide bonds. The van der Waals surface area contributed by atoms with Crippen molar-refractivity contribution in [2.24, 2.45) is 0 Å². The number of aromatic nitrogens is 7. The maximum atomic E-state index is 4.56. The minimum Gasteiger partial charge on any atom is -0.338 e. The molecule has 0 saturated carbocycles. The molecule has 0 aliphatic carbocycles. The molecule has 6 aromatic heterocycles. The van der Waals surface area contributed by atoms with Gasteiger partial charge in [-0.1, -0.05) is 6.07 Å². The molecule has 31 heavy (non-hydrogen) atoms. The van der Waals surface area contributed by atoms with Gasteiger partial charge in [0.15, 0.2) is 5.65 Å². The van der Waals surface area contributed by atoms with Crippen molar-refractivity contribution in [1.82, 2.24) is 35.1 Å². The van der Waals surface area contributed by atoms with E-state index in [1.54, 1.807) is 18.6 Å². The summed E-state index contributed by atoms with van der Waals surface area (Å²) in [6.45, 7) is 2.07. The SMILES string of the molecule is Cc1ccncc1-c1cnc2n[nH]c(-c3cc4c(-c5cccnc5)ccnc4[nH]3)c2c1. The Bertz CT molecular complexity index is 1550. The lowest BCUT2D eigenvalue weighted by Gasteiger charge is -2.04. The second-order valence-corrected chi connectivity index (χ2v) is 7.43. The van der Waals surface area contributed by atoms with Crippen LogP contribution in [0.2, 0.25) is 0 Å². The third kappa shape index (κ3) is 2.86. The number of pyridine rings is 4. The average molecular weight is 403 g/mol. The first-order valence-electron chi connectivity index (χ1n) is 9.91. The van der Waals surface area contributed by atoms with Crippen LogP contribution in [0.25, 0.3) is 55.7 Å². The van der Waals surface area contributed by atoms with Gasteiger partial charge < -0.3 is 4.98 Å². The second kappa shape index (κ2) is 6.84. The quantitative estimate of drug-likeness (QED) is 0.437. The molecule has 0 aliphatic rings. The number of aryl methyl sites for hydroxylation is 1. The highest BCUT2D eigenvalue weighted by atomic mass is 15.2. The molecule has 7 nitrogen and oxygen atoms in total. The third-order valence-corrected chi connectivity index (χ3v) is 5.53. The van der Waals surface area contributed by atoms with Crippen molar-refractivity contribution in [2.45, 2.75) is 6.92 Å². The Labute approximate surface area is 177 Å². The topological polar surface area (TPSA) is 96.0 Å². The van der Waals surface area contributed by atoms with E-state index < -0.39 is 0 Å². The van der Waals surface area contributed by atoms with E-state index in [0.29, 0.717) is 5.65 Å². The largest absolute Gasteiger partial charge is 0.338 e. The molecular formula is C24H17N7. The summed E-state index contributed by atoms with van der Waals surface area (Å²) in [6.07, 6.45) is 10.9. The molecule has 6 heterocycles. The van der Waals surface area contributed by atoms with Gasteiger partial charge in [0.05, 0.1) is 11.4 Å². The third-order valence-electron chi connectivity index (χ3n) is 5.53. The molecule has 0 bridgehead atoms. The summed E-state index contributed by atoms with van der Waals surface area (Å²) in [7, 11) is 0. The Balaban J connectivity index is 1.52. The van der Waals surface area contributed by atoms with Gasteiger partial charge in [-0.25, -0.2) is 9.97 Å². The van der Waals surface area contributed by atoms with Crippen molar-refractivity contribution in [1.29, 1.82) is 0 Å². The van der Waals surface area contributed by atoms with Crippen LogP contribution in [0.4, 0.5) is 0 Å². The van der Waals surface area contributed by atoms with Gasteiger partial charge in [0.1, 0.15) is 5.65 Å². The van der Waals surface area contributed by atoms with Gasteiger partial charge in [0.25, 0.3) is 0 Å². The number of aromatic amines is 2. The number of fused-ring (bicyclic) bond motifs is 2. The highest BCUT2D eigenvalue weighted by Crippen LogP contribution is 2.34. The summed E-state index contributed by atoms with van der Waals surface area (Å²) >= 11 is 0. The van der Waals surface area contributed by atoms with Crippen molar-refractivity contribution < 1.29 is 0 Å². The van der Waals surface area contributed by atoms with Crippen LogP contribution in [0.1, 0.15) is 5.56 Å². The fourth-order valence-electron chi connectivity index (χ4n) is 3.95. The smallest absolute Gasteiger partial charge is 0.181 e. The zero-order chi connectivity index (χ0) is 20.8. The van der Waals surface area contributed by atoms with E-state index in [1.807, 2.05) is 42.9 Å². The summed E-state index contributed by atoms with van der Waals surface area (Å²) in [5.74, 6) is 0. The van der Waals surface area contributed by atoms with Crippen LogP contribution in [-0.4, -0.2) is 35.1 Å². The lowest BCUT2D eigenvalue weighted by molar-refractivity contribution is 1.10. The average Bonchev–Trinajstić information content (AvgIpc) is 3.43. The van der Waals surface area contributed by atoms with E-state index >= 15 is 0 Å². The van der Waals surface area contributed by atoms with Crippen molar-refractivity contribution in [3.63, 3.8) is 0 Å². The van der Waals surface area contributed by atoms with Gasteiger partial charge in [-0.3, -0.25) is 15.1 Å². The van der Waals surface area contributed by atoms with E-state index in [1.165, 1.54) is 0 Å². The number of nitrogens with zero attached hydrogens (tertiary/aromatic N) is 5. The second-order valence-electron chi connectivity index (χ2n) is 7.43. The molecule has 0 aliphatic heterocycles. The first kappa shape index (κ1) is 17.5. The fourth-order valence-corrected chi connectivity index (χ4v) is 3.95. The van der Waals surface area contributed by atoms with Crippen molar-refractivity contribution >= 4 is 22.1 Å². The minimum absolute atomic E-state index is 0.666. The number of nitrogens with one attached hydrogen (secondary N) is 2. The van der Waals surface area contributed by atoms with Gasteiger partial charge in [-0.2, -0.15) is 5.10 Å². The van der Waals surface area contributed by atoms with Crippen LogP contribution in [-0.2, 0) is 0 Å². The van der Waals surface area contributed by atoms with Gasteiger partial charge in [-0.05, 0) is 48.4 Å². The van der Waals surface area contributed by atoms with Crippen LogP contribution in [0.3, 0.4) is 0 Å². The molecule has 0 saturated heterocycles. The predicted octanol–water partition coefficient (Wildman–Crippen LogP) is 4.93. The van der Waals surface area contributed by atoms with Crippen LogP contribution in [0, 0.1) is 6.92 Å². The standard InChI is InChI=1S/C24H17N7/c1-14-4-7-26-13-20(14)16-9-19-22(30-31-24(19)28-12-16)21-10-18-17(5-8-27-23(18)29-21)15-3-2-6-25-11-15/h2-13H,1H3,(H,27,29)(H,28,30,31). The molecule has 148 valence electrons. The summed E-state index contributed by atoms with van der Waals surface area (Å²) in [5, 5.41) is 9.51. The number of hydrogen-bond donors (Lipinski definition) is 2. The summed E-state index contributed by atoms with van der Waals surface area (Å²) in [6, 6.07) is 12.2. The summed E-state index contributed by atoms with van der Waals surface area (Å²) in [4.78, 5) is 21.0. The van der Waals surface area contributed by atoms with E-state index in [-0.39, 0.29) is 0 Å². The van der Waals surface area contributed by atoms with E-state index in [9.17, 15) is 0 Å². The Morgan fingerprint density at radius 2 is 1.71 bits per heavy atom. The maximum absolute atomic E-state index is 4.56. The minimum atomic E-state index is 0.666. The first-order valence-corrected chi connectivity index (χ1v) is 9.91. The molecule has 0 radical (unpaired) electrons. The van der Waals surface area contributed by atoms with Crippen LogP contribution in [0.5, 0.6) is 0 Å². The molecular weight excluding hydrogens is 386 g/mol. The summed E-state index contributed by atoms with van der Waals surface area (Å²) in [5.41, 5.74) is 8.60. The molecule has 7 heteroatoms. The fraction of sp³-hybridized carbons (Fsp3) is 0.0417. The van der Waals surface area contributed by atoms with Crippen molar-refractivity contribution in [3.05, 3.63) is 79.1 Å². The lowest BCUT2D eigenvalue weighted by Crippen LogP contribution is -1.87. The molecule has 0 fully saturated rings. The number of rotatable bonds is 3. The maximum Gasteiger partial charge on any atom is 0.181 e. The Morgan fingerprint density at radius 1 is 0.774 bits per heavy atom. The van der Waals surface area contributed by atoms with Crippen LogP contribution >= 0.6 is 0 Å². The molecule has 6 rings (SSSR count). The van der Waals surface area contributed by atoms with E-state index in [0.717, 1.165) is 55.6 Å². The van der Waals surface area contributed by atoms with Crippen LogP contribution < -0.4 is 0 Å². The zero-order valence-corrected chi connectivity index (χ0v) is 16.7. The highest BCUT2D eigenvalue weighted by Gasteiger charge is 2.15. The van der Waals surface area contributed by atoms with Gasteiger partial charge in [-0.15, -0.1) is 0 Å². The number of hydrogen-bond acceptors (Lipinski definition) is 5. The first-order chi connectivity index (χ1) is 15.3. The van der Waals surface area contributed by atoms with E-state index in [2.05, 4.69) is 54.2 Å². The monoisotopic (exact) mass is 403 g/mol. The van der Waals surface area contributed by atoms with Gasteiger partial charge in [0, 0.05) is 64.6 Å². The normalized spacial score (nSPS) is 11.4. The van der Waals surface area contributed by atoms with Crippen molar-refractivity contribution in [3.8, 4) is 33.6 Å². The van der Waals surface area contributed by atoms with Gasteiger partial charge >= 0.3 is 0 Å². The van der Waals surface area contributed by atoms with E-state index in [4.69, 9.17) is 0 Å². The highest BCUT2D eigenvalue weighted by molar-refractivity contribution is 5.99. The number of H-pyrrole nitrogens is 2. The van der Waals surface area contributed by atoms with Crippen molar-refractivity contribution in [2.75, 3.05) is 0 Å². The molecule has 0 aromatic carbocycles. The molecule has 2 N–H and O–H groups in total. The molecule has 0 unspecified atom stereocenters. The predicted molar refractivity (Wildman–Crippen MR) is 120 cm³/mol. The Kier molecular flexibility index (Phi) is 3.86. The zero-order valence-electron chi connectivity index (χ0n) is 16.7. The Hall–Kier alpha value is -4.39. The Morgan fingerprint density at radius 3 is 2.58 bits per heavy atom. The molecule has 6 aromatic rings. The molecule has 0 spiro atoms. The lowest BCUT2D eigenvalue weighted by atomic mass is 10.0. The van der Waals surface area contributed by atoms with Crippen LogP contribution in [0.15, 0.2) is 73.6 Å². The molecule has 0 atom stereocenters. The summed E-state index contributed by atoms with van der Waals surface area (Å²) < 4.78 is 0.